The van der Waals surface area contributed by atoms with E-state index in [0.717, 1.165) is 22.4 Å². The monoisotopic (exact) mass is 300 g/mol. The summed E-state index contributed by atoms with van der Waals surface area (Å²) in [5, 5.41) is 0. The van der Waals surface area contributed by atoms with E-state index in [1.54, 1.807) is 19.3 Å². The van der Waals surface area contributed by atoms with Crippen LogP contribution in [0.5, 0.6) is 5.75 Å². The lowest BCUT2D eigenvalue weighted by Crippen LogP contribution is -1.94. The van der Waals surface area contributed by atoms with Crippen LogP contribution in [-0.4, -0.2) is 12.9 Å². The highest BCUT2D eigenvalue weighted by atomic mass is 35.5. The zero-order valence-corrected chi connectivity index (χ0v) is 12.9. The first-order chi connectivity index (χ1) is 10.1. The normalized spacial score (nSPS) is 10.8. The second-order valence-electron chi connectivity index (χ2n) is 4.77. The Morgan fingerprint density at radius 1 is 1.24 bits per heavy atom. The minimum atomic E-state index is -0.0121. The van der Waals surface area contributed by atoms with Crippen molar-refractivity contribution in [1.29, 1.82) is 0 Å². The Bertz CT molecular complexity index is 675. The number of rotatable bonds is 5. The number of allylic oxidation sites excluding steroid dienone is 1. The molecule has 108 valence electrons. The first-order valence-electron chi connectivity index (χ1n) is 6.66. The minimum absolute atomic E-state index is 0.0121. The number of ether oxygens (including phenoxy) is 1. The number of carbonyl (C=O) groups is 1. The van der Waals surface area contributed by atoms with E-state index in [1.165, 1.54) is 0 Å². The summed E-state index contributed by atoms with van der Waals surface area (Å²) >= 11 is 5.89. The lowest BCUT2D eigenvalue weighted by atomic mass is 10.1. The molecule has 0 atom stereocenters. The average Bonchev–Trinajstić information content (AvgIpc) is 2.52. The van der Waals surface area contributed by atoms with Gasteiger partial charge in [0.15, 0.2) is 5.78 Å². The number of aryl methyl sites for hydroxylation is 1. The summed E-state index contributed by atoms with van der Waals surface area (Å²) in [6.07, 6.45) is 3.37. The fourth-order valence-electron chi connectivity index (χ4n) is 2.07. The molecule has 0 bridgehead atoms. The molecule has 2 nitrogen and oxygen atoms in total. The number of alkyl halides is 1. The average molecular weight is 301 g/mol. The molecule has 2 aromatic rings. The second-order valence-corrected chi connectivity index (χ2v) is 5.04. The Kier molecular flexibility index (Phi) is 5.18. The molecule has 21 heavy (non-hydrogen) atoms. The van der Waals surface area contributed by atoms with Crippen LogP contribution in [0.15, 0.2) is 48.5 Å². The van der Waals surface area contributed by atoms with Gasteiger partial charge in [0, 0.05) is 11.1 Å². The van der Waals surface area contributed by atoms with E-state index in [1.807, 2.05) is 49.4 Å². The molecule has 0 N–H and O–H groups in total. The van der Waals surface area contributed by atoms with E-state index >= 15 is 0 Å². The van der Waals surface area contributed by atoms with Crippen LogP contribution >= 0.6 is 11.6 Å². The highest BCUT2D eigenvalue weighted by Crippen LogP contribution is 2.22. The minimum Gasteiger partial charge on any atom is -0.496 e. The third kappa shape index (κ3) is 3.96. The van der Waals surface area contributed by atoms with Crippen molar-refractivity contribution in [2.45, 2.75) is 12.8 Å². The molecular formula is C18H17ClO2. The topological polar surface area (TPSA) is 26.3 Å². The summed E-state index contributed by atoms with van der Waals surface area (Å²) in [6, 6.07) is 13.2. The van der Waals surface area contributed by atoms with Gasteiger partial charge in [-0.1, -0.05) is 35.9 Å². The number of halogens is 1. The second kappa shape index (κ2) is 7.09. The van der Waals surface area contributed by atoms with Crippen LogP contribution in [0.3, 0.4) is 0 Å². The van der Waals surface area contributed by atoms with E-state index in [9.17, 15) is 4.79 Å². The van der Waals surface area contributed by atoms with Crippen molar-refractivity contribution in [2.24, 2.45) is 0 Å². The van der Waals surface area contributed by atoms with Gasteiger partial charge in [0.2, 0.25) is 0 Å². The van der Waals surface area contributed by atoms with Gasteiger partial charge in [-0.15, -0.1) is 11.6 Å². The number of hydrogen-bond acceptors (Lipinski definition) is 2. The molecule has 0 spiro atoms. The number of carbonyl (C=O) groups excluding carboxylic acids is 1. The lowest BCUT2D eigenvalue weighted by Gasteiger charge is -2.06. The maximum Gasteiger partial charge on any atom is 0.185 e. The maximum absolute atomic E-state index is 12.1. The van der Waals surface area contributed by atoms with Gasteiger partial charge in [-0.3, -0.25) is 4.79 Å². The van der Waals surface area contributed by atoms with Crippen LogP contribution in [0.25, 0.3) is 6.08 Å². The van der Waals surface area contributed by atoms with Gasteiger partial charge >= 0.3 is 0 Å². The van der Waals surface area contributed by atoms with Crippen LogP contribution in [0.1, 0.15) is 27.0 Å². The summed E-state index contributed by atoms with van der Waals surface area (Å²) in [5.41, 5.74) is 3.59. The SMILES string of the molecule is COc1ccc(/C=C/C(=O)c2cccc(C)c2)cc1CCl. The Morgan fingerprint density at radius 3 is 2.71 bits per heavy atom. The molecule has 0 fully saturated rings. The molecule has 2 aromatic carbocycles. The van der Waals surface area contributed by atoms with Gasteiger partial charge in [0.25, 0.3) is 0 Å². The molecule has 0 aliphatic carbocycles. The fourth-order valence-corrected chi connectivity index (χ4v) is 2.28. The van der Waals surface area contributed by atoms with Crippen LogP contribution < -0.4 is 4.74 Å². The molecule has 0 heterocycles. The summed E-state index contributed by atoms with van der Waals surface area (Å²) < 4.78 is 5.22. The van der Waals surface area contributed by atoms with E-state index in [0.29, 0.717) is 11.4 Å². The van der Waals surface area contributed by atoms with Gasteiger partial charge in [-0.05, 0) is 36.8 Å². The van der Waals surface area contributed by atoms with Gasteiger partial charge in [0.1, 0.15) is 5.75 Å². The highest BCUT2D eigenvalue weighted by molar-refractivity contribution is 6.17. The Balaban J connectivity index is 2.19. The number of benzene rings is 2. The van der Waals surface area contributed by atoms with Crippen LogP contribution in [-0.2, 0) is 5.88 Å². The number of ketones is 1. The van der Waals surface area contributed by atoms with Gasteiger partial charge in [-0.2, -0.15) is 0 Å². The molecule has 0 unspecified atom stereocenters. The molecule has 0 aliphatic rings. The van der Waals surface area contributed by atoms with E-state index in [2.05, 4.69) is 0 Å². The molecule has 0 amide bonds. The largest absolute Gasteiger partial charge is 0.496 e. The van der Waals surface area contributed by atoms with Crippen LogP contribution in [0.2, 0.25) is 0 Å². The maximum atomic E-state index is 12.1. The smallest absolute Gasteiger partial charge is 0.185 e. The van der Waals surface area contributed by atoms with Crippen LogP contribution in [0.4, 0.5) is 0 Å². The predicted octanol–water partition coefficient (Wildman–Crippen LogP) is 4.64. The quantitative estimate of drug-likeness (QED) is 0.457. The van der Waals surface area contributed by atoms with Crippen molar-refractivity contribution in [2.75, 3.05) is 7.11 Å². The van der Waals surface area contributed by atoms with Gasteiger partial charge in [0.05, 0.1) is 13.0 Å². The van der Waals surface area contributed by atoms with Crippen molar-refractivity contribution in [3.63, 3.8) is 0 Å². The standard InChI is InChI=1S/C18H17ClO2/c1-13-4-3-5-15(10-13)17(20)8-6-14-7-9-18(21-2)16(11-14)12-19/h3-11H,12H2,1-2H3/b8-6+. The van der Waals surface area contributed by atoms with E-state index < -0.39 is 0 Å². The van der Waals surface area contributed by atoms with Gasteiger partial charge in [-0.25, -0.2) is 0 Å². The lowest BCUT2D eigenvalue weighted by molar-refractivity contribution is 0.104. The summed E-state index contributed by atoms with van der Waals surface area (Å²) in [7, 11) is 1.61. The first-order valence-corrected chi connectivity index (χ1v) is 7.19. The highest BCUT2D eigenvalue weighted by Gasteiger charge is 2.04. The van der Waals surface area contributed by atoms with Crippen molar-refractivity contribution in [3.05, 3.63) is 70.8 Å². The van der Waals surface area contributed by atoms with Crippen molar-refractivity contribution >= 4 is 23.5 Å². The number of methoxy groups -OCH3 is 1. The molecule has 0 aromatic heterocycles. The third-order valence-corrected chi connectivity index (χ3v) is 3.47. The molecule has 0 aliphatic heterocycles. The molecular weight excluding hydrogens is 284 g/mol. The Morgan fingerprint density at radius 2 is 2.05 bits per heavy atom. The molecule has 3 heteroatoms. The first kappa shape index (κ1) is 15.3. The zero-order valence-electron chi connectivity index (χ0n) is 12.1. The van der Waals surface area contributed by atoms with Crippen molar-refractivity contribution < 1.29 is 9.53 Å². The Labute approximate surface area is 130 Å². The Hall–Kier alpha value is -2.06. The molecule has 0 saturated heterocycles. The molecule has 0 radical (unpaired) electrons. The predicted molar refractivity (Wildman–Crippen MR) is 87.1 cm³/mol. The van der Waals surface area contributed by atoms with Gasteiger partial charge < -0.3 is 4.74 Å². The third-order valence-electron chi connectivity index (χ3n) is 3.18. The molecule has 0 saturated carbocycles. The molecule has 2 rings (SSSR count). The summed E-state index contributed by atoms with van der Waals surface area (Å²) in [5.74, 6) is 1.12. The summed E-state index contributed by atoms with van der Waals surface area (Å²) in [4.78, 5) is 12.1. The van der Waals surface area contributed by atoms with Crippen molar-refractivity contribution in [3.8, 4) is 5.75 Å². The van der Waals surface area contributed by atoms with E-state index in [-0.39, 0.29) is 5.78 Å². The summed E-state index contributed by atoms with van der Waals surface area (Å²) in [6.45, 7) is 1.97. The zero-order chi connectivity index (χ0) is 15.2. The van der Waals surface area contributed by atoms with Crippen LogP contribution in [0, 0.1) is 6.92 Å². The fraction of sp³-hybridized carbons (Fsp3) is 0.167. The van der Waals surface area contributed by atoms with E-state index in [4.69, 9.17) is 16.3 Å². The van der Waals surface area contributed by atoms with Crippen molar-refractivity contribution in [1.82, 2.24) is 0 Å². The number of hydrogen-bond donors (Lipinski definition) is 0.